The highest BCUT2D eigenvalue weighted by Crippen LogP contribution is 2.29. The van der Waals surface area contributed by atoms with Crippen LogP contribution in [0.2, 0.25) is 0 Å². The fourth-order valence-electron chi connectivity index (χ4n) is 2.92. The number of morpholine rings is 1. The van der Waals surface area contributed by atoms with Gasteiger partial charge in [0.15, 0.2) is 5.96 Å². The second-order valence-corrected chi connectivity index (χ2v) is 6.83. The number of hydrogen-bond acceptors (Lipinski definition) is 4. The van der Waals surface area contributed by atoms with Crippen LogP contribution in [0.1, 0.15) is 29.3 Å². The fourth-order valence-corrected chi connectivity index (χ4v) is 2.92. The molecule has 3 N–H and O–H groups in total. The van der Waals surface area contributed by atoms with Gasteiger partial charge in [0.25, 0.3) is 5.91 Å². The SMILES string of the molecule is CCNC(=NCCCN1CCOCC1)NCCNC(=O)c1ccc(C(F)(F)F)cc1. The Hall–Kier alpha value is -2.33. The standard InChI is InChI=1S/C20H30F3N5O2/c1-2-24-19(26-8-3-11-28-12-14-30-15-13-28)27-10-9-25-18(29)16-4-6-17(7-5-16)20(21,22)23/h4-7H,2-3,8-15H2,1H3,(H,25,29)(H2,24,26,27). The van der Waals surface area contributed by atoms with Crippen LogP contribution in [0.3, 0.4) is 0 Å². The lowest BCUT2D eigenvalue weighted by Crippen LogP contribution is -2.41. The van der Waals surface area contributed by atoms with Gasteiger partial charge in [-0.25, -0.2) is 0 Å². The fraction of sp³-hybridized carbons (Fsp3) is 0.600. The molecule has 10 heteroatoms. The first-order valence-corrected chi connectivity index (χ1v) is 10.2. The molecule has 1 amide bonds. The maximum Gasteiger partial charge on any atom is 0.416 e. The maximum atomic E-state index is 12.6. The highest BCUT2D eigenvalue weighted by molar-refractivity contribution is 5.94. The molecule has 1 aromatic rings. The molecule has 0 aromatic heterocycles. The molecule has 1 saturated heterocycles. The lowest BCUT2D eigenvalue weighted by molar-refractivity contribution is -0.137. The molecule has 168 valence electrons. The summed E-state index contributed by atoms with van der Waals surface area (Å²) in [6.07, 6.45) is -3.47. The second kappa shape index (κ2) is 12.4. The van der Waals surface area contributed by atoms with Crippen LogP contribution < -0.4 is 16.0 Å². The summed E-state index contributed by atoms with van der Waals surface area (Å²) in [5.41, 5.74) is -0.590. The monoisotopic (exact) mass is 429 g/mol. The zero-order chi connectivity index (χ0) is 21.8. The number of halogens is 3. The number of nitrogens with one attached hydrogen (secondary N) is 3. The van der Waals surface area contributed by atoms with Crippen LogP contribution in [-0.4, -0.2) is 75.8 Å². The van der Waals surface area contributed by atoms with Crippen molar-refractivity contribution in [2.75, 3.05) is 59.0 Å². The number of rotatable bonds is 9. The summed E-state index contributed by atoms with van der Waals surface area (Å²) in [4.78, 5) is 18.9. The summed E-state index contributed by atoms with van der Waals surface area (Å²) in [7, 11) is 0. The van der Waals surface area contributed by atoms with Crippen LogP contribution in [-0.2, 0) is 10.9 Å². The molecular weight excluding hydrogens is 399 g/mol. The summed E-state index contributed by atoms with van der Waals surface area (Å²) >= 11 is 0. The van der Waals surface area contributed by atoms with E-state index in [9.17, 15) is 18.0 Å². The van der Waals surface area contributed by atoms with Crippen LogP contribution >= 0.6 is 0 Å². The topological polar surface area (TPSA) is 78.0 Å². The third-order valence-electron chi connectivity index (χ3n) is 4.53. The van der Waals surface area contributed by atoms with Crippen LogP contribution in [0.15, 0.2) is 29.3 Å². The minimum atomic E-state index is -4.41. The summed E-state index contributed by atoms with van der Waals surface area (Å²) < 4.78 is 43.1. The highest BCUT2D eigenvalue weighted by Gasteiger charge is 2.30. The Kier molecular flexibility index (Phi) is 9.88. The number of guanidine groups is 1. The maximum absolute atomic E-state index is 12.6. The molecule has 0 unspecified atom stereocenters. The molecule has 0 radical (unpaired) electrons. The number of amides is 1. The summed E-state index contributed by atoms with van der Waals surface area (Å²) in [5.74, 6) is 0.251. The molecule has 2 rings (SSSR count). The third kappa shape index (κ3) is 8.58. The minimum Gasteiger partial charge on any atom is -0.379 e. The van der Waals surface area contributed by atoms with E-state index in [1.54, 1.807) is 0 Å². The summed E-state index contributed by atoms with van der Waals surface area (Å²) in [5, 5.41) is 8.96. The molecule has 1 aliphatic rings. The van der Waals surface area contributed by atoms with Crippen LogP contribution in [0, 0.1) is 0 Å². The number of carbonyl (C=O) groups excluding carboxylic acids is 1. The number of alkyl halides is 3. The number of ether oxygens (including phenoxy) is 1. The van der Waals surface area contributed by atoms with Gasteiger partial charge in [0.1, 0.15) is 0 Å². The Balaban J connectivity index is 1.68. The van der Waals surface area contributed by atoms with Gasteiger partial charge < -0.3 is 20.7 Å². The van der Waals surface area contributed by atoms with Gasteiger partial charge in [0.2, 0.25) is 0 Å². The molecule has 7 nitrogen and oxygen atoms in total. The molecule has 0 aliphatic carbocycles. The van der Waals surface area contributed by atoms with E-state index in [4.69, 9.17) is 4.74 Å². The van der Waals surface area contributed by atoms with E-state index in [2.05, 4.69) is 25.8 Å². The van der Waals surface area contributed by atoms with Gasteiger partial charge in [-0.15, -0.1) is 0 Å². The molecule has 0 atom stereocenters. The number of aliphatic imine (C=N–C) groups is 1. The zero-order valence-corrected chi connectivity index (χ0v) is 17.2. The van der Waals surface area contributed by atoms with E-state index < -0.39 is 17.6 Å². The zero-order valence-electron chi connectivity index (χ0n) is 17.2. The molecule has 1 aliphatic heterocycles. The van der Waals surface area contributed by atoms with Crippen molar-refractivity contribution in [3.05, 3.63) is 35.4 Å². The van der Waals surface area contributed by atoms with Crippen molar-refractivity contribution in [1.29, 1.82) is 0 Å². The van der Waals surface area contributed by atoms with Crippen molar-refractivity contribution in [3.8, 4) is 0 Å². The van der Waals surface area contributed by atoms with Crippen molar-refractivity contribution >= 4 is 11.9 Å². The van der Waals surface area contributed by atoms with Gasteiger partial charge in [-0.2, -0.15) is 13.2 Å². The van der Waals surface area contributed by atoms with Gasteiger partial charge in [0.05, 0.1) is 18.8 Å². The molecule has 0 spiro atoms. The molecule has 30 heavy (non-hydrogen) atoms. The average Bonchev–Trinajstić information content (AvgIpc) is 2.74. The predicted molar refractivity (Wildman–Crippen MR) is 110 cm³/mol. The van der Waals surface area contributed by atoms with Crippen molar-refractivity contribution in [1.82, 2.24) is 20.9 Å². The van der Waals surface area contributed by atoms with Crippen molar-refractivity contribution in [2.24, 2.45) is 4.99 Å². The van der Waals surface area contributed by atoms with Crippen LogP contribution in [0.4, 0.5) is 13.2 Å². The third-order valence-corrected chi connectivity index (χ3v) is 4.53. The van der Waals surface area contributed by atoms with Crippen LogP contribution in [0.25, 0.3) is 0 Å². The Bertz CT molecular complexity index is 674. The first kappa shape index (κ1) is 23.9. The van der Waals surface area contributed by atoms with Crippen molar-refractivity contribution in [3.63, 3.8) is 0 Å². The van der Waals surface area contributed by atoms with Gasteiger partial charge >= 0.3 is 6.18 Å². The molecule has 0 saturated carbocycles. The average molecular weight is 429 g/mol. The van der Waals surface area contributed by atoms with Crippen molar-refractivity contribution in [2.45, 2.75) is 19.5 Å². The highest BCUT2D eigenvalue weighted by atomic mass is 19.4. The summed E-state index contributed by atoms with van der Waals surface area (Å²) in [6.45, 7) is 8.60. The lowest BCUT2D eigenvalue weighted by Gasteiger charge is -2.26. The summed E-state index contributed by atoms with van der Waals surface area (Å²) in [6, 6.07) is 4.15. The molecule has 1 aromatic carbocycles. The van der Waals surface area contributed by atoms with E-state index in [1.165, 1.54) is 12.1 Å². The largest absolute Gasteiger partial charge is 0.416 e. The Labute approximate surface area is 175 Å². The smallest absolute Gasteiger partial charge is 0.379 e. The second-order valence-electron chi connectivity index (χ2n) is 6.83. The first-order valence-electron chi connectivity index (χ1n) is 10.2. The lowest BCUT2D eigenvalue weighted by atomic mass is 10.1. The van der Waals surface area contributed by atoms with E-state index in [0.29, 0.717) is 32.1 Å². The number of carbonyl (C=O) groups is 1. The minimum absolute atomic E-state index is 0.187. The van der Waals surface area contributed by atoms with E-state index in [1.807, 2.05) is 6.92 Å². The van der Waals surface area contributed by atoms with Gasteiger partial charge in [-0.1, -0.05) is 0 Å². The Morgan fingerprint density at radius 2 is 1.77 bits per heavy atom. The number of nitrogens with zero attached hydrogens (tertiary/aromatic N) is 2. The quantitative estimate of drug-likeness (QED) is 0.317. The van der Waals surface area contributed by atoms with Crippen molar-refractivity contribution < 1.29 is 22.7 Å². The normalized spacial score (nSPS) is 15.7. The number of hydrogen-bond donors (Lipinski definition) is 3. The first-order chi connectivity index (χ1) is 14.4. The van der Waals surface area contributed by atoms with Gasteiger partial charge in [-0.05, 0) is 37.6 Å². The molecule has 0 bridgehead atoms. The van der Waals surface area contributed by atoms with Gasteiger partial charge in [-0.3, -0.25) is 14.7 Å². The van der Waals surface area contributed by atoms with E-state index in [-0.39, 0.29) is 5.56 Å². The number of benzene rings is 1. The molecular formula is C20H30F3N5O2. The van der Waals surface area contributed by atoms with Gasteiger partial charge in [0, 0.05) is 51.4 Å². The molecule has 1 fully saturated rings. The van der Waals surface area contributed by atoms with E-state index in [0.717, 1.165) is 51.4 Å². The molecule has 1 heterocycles. The predicted octanol–water partition coefficient (Wildman–Crippen LogP) is 1.71. The Morgan fingerprint density at radius 1 is 1.10 bits per heavy atom. The van der Waals surface area contributed by atoms with E-state index >= 15 is 0 Å². The van der Waals surface area contributed by atoms with Crippen LogP contribution in [0.5, 0.6) is 0 Å². The Morgan fingerprint density at radius 3 is 2.40 bits per heavy atom.